The Balaban J connectivity index is 1.69. The first-order valence-electron chi connectivity index (χ1n) is 7.09. The van der Waals surface area contributed by atoms with Crippen molar-refractivity contribution in [2.75, 3.05) is 0 Å². The maximum Gasteiger partial charge on any atom is 0.0801 e. The smallest absolute Gasteiger partial charge is 0.0801 e. The van der Waals surface area contributed by atoms with E-state index in [-0.39, 0.29) is 6.04 Å². The van der Waals surface area contributed by atoms with Crippen molar-refractivity contribution in [2.45, 2.75) is 51.5 Å². The van der Waals surface area contributed by atoms with Gasteiger partial charge in [0.1, 0.15) is 0 Å². The summed E-state index contributed by atoms with van der Waals surface area (Å²) >= 11 is 1.51. The number of fused-ring (bicyclic) bond motifs is 2. The van der Waals surface area contributed by atoms with Gasteiger partial charge >= 0.3 is 0 Å². The molecule has 2 aliphatic rings. The Morgan fingerprint density at radius 1 is 1.44 bits per heavy atom. The van der Waals surface area contributed by atoms with E-state index in [2.05, 4.69) is 21.9 Å². The average molecular weight is 266 g/mol. The fourth-order valence-electron chi connectivity index (χ4n) is 3.94. The van der Waals surface area contributed by atoms with Crippen LogP contribution in [0, 0.1) is 17.8 Å². The van der Waals surface area contributed by atoms with Crippen LogP contribution in [-0.4, -0.2) is 9.59 Å². The minimum absolute atomic E-state index is 0.254. The molecule has 4 nitrogen and oxygen atoms in total. The van der Waals surface area contributed by atoms with Gasteiger partial charge in [-0.15, -0.1) is 5.10 Å². The van der Waals surface area contributed by atoms with Gasteiger partial charge < -0.3 is 0 Å². The Morgan fingerprint density at radius 3 is 2.94 bits per heavy atom. The first-order chi connectivity index (χ1) is 8.81. The molecule has 0 aromatic carbocycles. The molecule has 4 atom stereocenters. The summed E-state index contributed by atoms with van der Waals surface area (Å²) in [7, 11) is 0. The summed E-state index contributed by atoms with van der Waals surface area (Å²) in [6.45, 7) is 2.13. The Labute approximate surface area is 112 Å². The molecule has 1 aromatic rings. The van der Waals surface area contributed by atoms with Gasteiger partial charge in [-0.1, -0.05) is 17.8 Å². The summed E-state index contributed by atoms with van der Waals surface area (Å²) in [5, 5.41) is 4.20. The fraction of sp³-hybridized carbons (Fsp3) is 0.846. The zero-order valence-corrected chi connectivity index (χ0v) is 11.7. The SMILES string of the molecule is CCc1nnsc1C(CC1CC2CCC1C2)NN. The van der Waals surface area contributed by atoms with Gasteiger partial charge in [0.2, 0.25) is 0 Å². The average Bonchev–Trinajstić information content (AvgIpc) is 3.10. The summed E-state index contributed by atoms with van der Waals surface area (Å²) in [6.07, 6.45) is 7.88. The number of rotatable bonds is 5. The molecule has 0 amide bonds. The summed E-state index contributed by atoms with van der Waals surface area (Å²) in [5.74, 6) is 8.58. The highest BCUT2D eigenvalue weighted by molar-refractivity contribution is 7.05. The molecule has 3 N–H and O–H groups in total. The highest BCUT2D eigenvalue weighted by Gasteiger charge is 2.40. The van der Waals surface area contributed by atoms with Crippen LogP contribution in [0.1, 0.15) is 55.6 Å². The molecule has 100 valence electrons. The van der Waals surface area contributed by atoms with E-state index < -0.39 is 0 Å². The number of hydrazine groups is 1. The Morgan fingerprint density at radius 2 is 2.33 bits per heavy atom. The maximum atomic E-state index is 5.76. The maximum absolute atomic E-state index is 5.76. The number of hydrogen-bond acceptors (Lipinski definition) is 5. The van der Waals surface area contributed by atoms with Crippen molar-refractivity contribution in [1.82, 2.24) is 15.0 Å². The van der Waals surface area contributed by atoms with Crippen LogP contribution in [0.25, 0.3) is 0 Å². The highest BCUT2D eigenvalue weighted by Crippen LogP contribution is 2.51. The van der Waals surface area contributed by atoms with Crippen LogP contribution in [0.2, 0.25) is 0 Å². The van der Waals surface area contributed by atoms with Crippen molar-refractivity contribution in [1.29, 1.82) is 0 Å². The first-order valence-corrected chi connectivity index (χ1v) is 7.86. The number of hydrogen-bond donors (Lipinski definition) is 2. The van der Waals surface area contributed by atoms with Gasteiger partial charge in [-0.25, -0.2) is 0 Å². The van der Waals surface area contributed by atoms with E-state index in [0.717, 1.165) is 36.3 Å². The highest BCUT2D eigenvalue weighted by atomic mass is 32.1. The predicted molar refractivity (Wildman–Crippen MR) is 72.9 cm³/mol. The molecule has 2 aliphatic carbocycles. The largest absolute Gasteiger partial charge is 0.271 e. The Kier molecular flexibility index (Phi) is 3.63. The van der Waals surface area contributed by atoms with E-state index in [1.807, 2.05) is 0 Å². The zero-order chi connectivity index (χ0) is 12.5. The normalized spacial score (nSPS) is 32.0. The van der Waals surface area contributed by atoms with E-state index in [4.69, 9.17) is 5.84 Å². The van der Waals surface area contributed by atoms with Crippen LogP contribution in [0.4, 0.5) is 0 Å². The zero-order valence-electron chi connectivity index (χ0n) is 10.9. The Bertz CT molecular complexity index is 405. The number of nitrogens with zero attached hydrogens (tertiary/aromatic N) is 2. The van der Waals surface area contributed by atoms with E-state index >= 15 is 0 Å². The van der Waals surface area contributed by atoms with Crippen molar-refractivity contribution < 1.29 is 0 Å². The summed E-state index contributed by atoms with van der Waals surface area (Å²) < 4.78 is 4.08. The quantitative estimate of drug-likeness (QED) is 0.634. The van der Waals surface area contributed by atoms with Crippen molar-refractivity contribution in [3.8, 4) is 0 Å². The molecule has 4 unspecified atom stereocenters. The minimum Gasteiger partial charge on any atom is -0.271 e. The molecule has 18 heavy (non-hydrogen) atoms. The molecular formula is C13H22N4S. The number of nitrogens with one attached hydrogen (secondary N) is 1. The van der Waals surface area contributed by atoms with E-state index in [1.54, 1.807) is 0 Å². The molecule has 1 aromatic heterocycles. The van der Waals surface area contributed by atoms with Crippen LogP contribution in [0.3, 0.4) is 0 Å². The van der Waals surface area contributed by atoms with Gasteiger partial charge in [0.15, 0.2) is 0 Å². The van der Waals surface area contributed by atoms with Gasteiger partial charge in [-0.3, -0.25) is 11.3 Å². The molecule has 3 rings (SSSR count). The van der Waals surface area contributed by atoms with Gasteiger partial charge in [0, 0.05) is 0 Å². The number of nitrogens with two attached hydrogens (primary N) is 1. The van der Waals surface area contributed by atoms with Gasteiger partial charge in [0.05, 0.1) is 16.6 Å². The summed E-state index contributed by atoms with van der Waals surface area (Å²) in [5.41, 5.74) is 4.11. The lowest BCUT2D eigenvalue weighted by Gasteiger charge is -2.25. The molecule has 0 aliphatic heterocycles. The first kappa shape index (κ1) is 12.5. The Hall–Kier alpha value is -0.520. The second-order valence-electron chi connectivity index (χ2n) is 5.83. The molecule has 2 fully saturated rings. The monoisotopic (exact) mass is 266 g/mol. The third kappa shape index (κ3) is 2.19. The molecular weight excluding hydrogens is 244 g/mol. The van der Waals surface area contributed by atoms with E-state index in [0.29, 0.717) is 0 Å². The second kappa shape index (κ2) is 5.23. The fourth-order valence-corrected chi connectivity index (χ4v) is 4.75. The van der Waals surface area contributed by atoms with Crippen molar-refractivity contribution >= 4 is 11.5 Å². The number of aromatic nitrogens is 2. The summed E-state index contributed by atoms with van der Waals surface area (Å²) in [4.78, 5) is 1.25. The van der Waals surface area contributed by atoms with E-state index in [9.17, 15) is 0 Å². The molecule has 0 spiro atoms. The van der Waals surface area contributed by atoms with Crippen molar-refractivity contribution in [2.24, 2.45) is 23.6 Å². The topological polar surface area (TPSA) is 63.8 Å². The standard InChI is InChI=1S/C13H22N4S/c1-2-11-13(18-17-16-11)12(15-14)7-10-6-8-3-4-9(10)5-8/h8-10,12,15H,2-7,14H2,1H3. The molecule has 2 saturated carbocycles. The van der Waals surface area contributed by atoms with Crippen LogP contribution < -0.4 is 11.3 Å². The molecule has 0 radical (unpaired) electrons. The van der Waals surface area contributed by atoms with Gasteiger partial charge in [-0.05, 0) is 61.4 Å². The van der Waals surface area contributed by atoms with Crippen LogP contribution in [0.5, 0.6) is 0 Å². The molecule has 0 saturated heterocycles. The van der Waals surface area contributed by atoms with Crippen LogP contribution >= 0.6 is 11.5 Å². The van der Waals surface area contributed by atoms with Gasteiger partial charge in [-0.2, -0.15) is 0 Å². The minimum atomic E-state index is 0.254. The molecule has 1 heterocycles. The third-order valence-corrected chi connectivity index (χ3v) is 5.74. The second-order valence-corrected chi connectivity index (χ2v) is 6.61. The van der Waals surface area contributed by atoms with Crippen molar-refractivity contribution in [3.05, 3.63) is 10.6 Å². The lowest BCUT2D eigenvalue weighted by atomic mass is 9.84. The van der Waals surface area contributed by atoms with Crippen molar-refractivity contribution in [3.63, 3.8) is 0 Å². The van der Waals surface area contributed by atoms with Gasteiger partial charge in [0.25, 0.3) is 0 Å². The number of aryl methyl sites for hydroxylation is 1. The van der Waals surface area contributed by atoms with E-state index in [1.165, 1.54) is 42.1 Å². The van der Waals surface area contributed by atoms with Crippen LogP contribution in [-0.2, 0) is 6.42 Å². The predicted octanol–water partition coefficient (Wildman–Crippen LogP) is 2.43. The van der Waals surface area contributed by atoms with Crippen LogP contribution in [0.15, 0.2) is 0 Å². The summed E-state index contributed by atoms with van der Waals surface area (Å²) in [6, 6.07) is 0.254. The third-order valence-electron chi connectivity index (χ3n) is 4.86. The molecule has 5 heteroatoms. The molecule has 2 bridgehead atoms. The lowest BCUT2D eigenvalue weighted by Crippen LogP contribution is -2.30. The lowest BCUT2D eigenvalue weighted by molar-refractivity contribution is 0.281.